The van der Waals surface area contributed by atoms with Crippen LogP contribution in [0.25, 0.3) is 0 Å². The van der Waals surface area contributed by atoms with E-state index in [1.807, 2.05) is 30.3 Å². The Morgan fingerprint density at radius 2 is 2.05 bits per heavy atom. The van der Waals surface area contributed by atoms with Gasteiger partial charge in [0.15, 0.2) is 0 Å². The molecule has 0 atom stereocenters. The number of carbonyl (C=O) groups is 1. The third-order valence-corrected chi connectivity index (χ3v) is 4.75. The predicted molar refractivity (Wildman–Crippen MR) is 94.4 cm³/mol. The molecular weight excluding hydrogens is 407 g/mol. The average Bonchev–Trinajstić information content (AvgIpc) is 2.43. The van der Waals surface area contributed by atoms with Crippen LogP contribution in [0, 0.1) is 3.57 Å². The third-order valence-electron chi connectivity index (χ3n) is 2.49. The highest BCUT2D eigenvalue weighted by atomic mass is 127. The van der Waals surface area contributed by atoms with Crippen LogP contribution in [-0.4, -0.2) is 11.7 Å². The van der Waals surface area contributed by atoms with Crippen LogP contribution in [0.1, 0.15) is 0 Å². The molecule has 0 unspecified atom stereocenters. The fourth-order valence-corrected chi connectivity index (χ4v) is 3.00. The van der Waals surface area contributed by atoms with E-state index < -0.39 is 0 Å². The summed E-state index contributed by atoms with van der Waals surface area (Å²) in [5, 5.41) is 3.39. The Morgan fingerprint density at radius 3 is 2.75 bits per heavy atom. The molecule has 2 aromatic rings. The Hall–Kier alpha value is -0.920. The van der Waals surface area contributed by atoms with E-state index in [9.17, 15) is 4.79 Å². The van der Waals surface area contributed by atoms with E-state index in [1.54, 1.807) is 12.1 Å². The number of rotatable bonds is 4. The van der Waals surface area contributed by atoms with Crippen molar-refractivity contribution < 1.29 is 4.79 Å². The average molecular weight is 419 g/mol. The lowest BCUT2D eigenvalue weighted by molar-refractivity contribution is -0.113. The number of benzene rings is 2. The molecule has 0 radical (unpaired) electrons. The van der Waals surface area contributed by atoms with Crippen molar-refractivity contribution in [3.63, 3.8) is 0 Å². The molecule has 2 aromatic carbocycles. The second-order valence-corrected chi connectivity index (χ2v) is 6.62. The zero-order valence-electron chi connectivity index (χ0n) is 10.4. The van der Waals surface area contributed by atoms with E-state index in [0.29, 0.717) is 16.5 Å². The normalized spacial score (nSPS) is 10.3. The van der Waals surface area contributed by atoms with Crippen molar-refractivity contribution in [3.8, 4) is 0 Å². The molecule has 0 bridgehead atoms. The van der Waals surface area contributed by atoms with Crippen LogP contribution >= 0.6 is 46.0 Å². The fourth-order valence-electron chi connectivity index (χ4n) is 1.50. The summed E-state index contributed by atoms with van der Waals surface area (Å²) < 4.78 is 1.01. The van der Waals surface area contributed by atoms with E-state index in [-0.39, 0.29) is 5.91 Å². The molecule has 0 fully saturated rings. The molecule has 2 rings (SSSR count). The van der Waals surface area contributed by atoms with Crippen LogP contribution in [0.15, 0.2) is 47.4 Å². The Labute approximate surface area is 140 Å². The number of hydrogen-bond acceptors (Lipinski definition) is 3. The molecule has 0 aliphatic heterocycles. The summed E-state index contributed by atoms with van der Waals surface area (Å²) in [5.74, 6) is 0.276. The molecular formula is C14H12ClIN2OS. The third kappa shape index (κ3) is 4.29. The van der Waals surface area contributed by atoms with Gasteiger partial charge in [-0.05, 0) is 52.9 Å². The number of anilines is 2. The topological polar surface area (TPSA) is 55.1 Å². The first kappa shape index (κ1) is 15.5. The standard InChI is InChI=1S/C14H12ClIN2OS/c15-10-7-9(5-6-12(10)17)20-8-14(19)18-13-4-2-1-3-11(13)16/h1-7H,8,17H2,(H,18,19). The molecule has 3 N–H and O–H groups in total. The van der Waals surface area contributed by atoms with Gasteiger partial charge in [0, 0.05) is 8.47 Å². The minimum Gasteiger partial charge on any atom is -0.398 e. The maximum atomic E-state index is 11.9. The number of thioether (sulfide) groups is 1. The van der Waals surface area contributed by atoms with Crippen LogP contribution < -0.4 is 11.1 Å². The summed E-state index contributed by atoms with van der Waals surface area (Å²) in [7, 11) is 0. The van der Waals surface area contributed by atoms with E-state index in [4.69, 9.17) is 17.3 Å². The molecule has 0 spiro atoms. The number of nitrogen functional groups attached to an aromatic ring is 1. The van der Waals surface area contributed by atoms with E-state index in [0.717, 1.165) is 14.2 Å². The fraction of sp³-hybridized carbons (Fsp3) is 0.0714. The van der Waals surface area contributed by atoms with Crippen LogP contribution in [0.4, 0.5) is 11.4 Å². The first-order chi connectivity index (χ1) is 9.56. The first-order valence-corrected chi connectivity index (χ1v) is 8.22. The zero-order chi connectivity index (χ0) is 14.5. The lowest BCUT2D eigenvalue weighted by atomic mass is 10.3. The largest absolute Gasteiger partial charge is 0.398 e. The first-order valence-electron chi connectivity index (χ1n) is 5.78. The van der Waals surface area contributed by atoms with Gasteiger partial charge in [0.25, 0.3) is 0 Å². The Bertz CT molecular complexity index is 636. The highest BCUT2D eigenvalue weighted by Crippen LogP contribution is 2.26. The van der Waals surface area contributed by atoms with Crippen molar-refractivity contribution in [2.24, 2.45) is 0 Å². The second-order valence-electron chi connectivity index (χ2n) is 4.00. The number of hydrogen-bond donors (Lipinski definition) is 2. The molecule has 3 nitrogen and oxygen atoms in total. The molecule has 0 saturated carbocycles. The van der Waals surface area contributed by atoms with Gasteiger partial charge in [-0.1, -0.05) is 23.7 Å². The number of nitrogens with two attached hydrogens (primary N) is 1. The number of para-hydroxylation sites is 1. The van der Waals surface area contributed by atoms with Crippen molar-refractivity contribution in [1.82, 2.24) is 0 Å². The lowest BCUT2D eigenvalue weighted by Gasteiger charge is -2.07. The SMILES string of the molecule is Nc1ccc(SCC(=O)Nc2ccccc2I)cc1Cl. The van der Waals surface area contributed by atoms with Crippen molar-refractivity contribution in [1.29, 1.82) is 0 Å². The smallest absolute Gasteiger partial charge is 0.234 e. The highest BCUT2D eigenvalue weighted by Gasteiger charge is 2.06. The predicted octanol–water partition coefficient (Wildman–Crippen LogP) is 4.26. The number of carbonyl (C=O) groups excluding carboxylic acids is 1. The Balaban J connectivity index is 1.92. The summed E-state index contributed by atoms with van der Waals surface area (Å²) in [6.07, 6.45) is 0. The molecule has 0 aliphatic carbocycles. The highest BCUT2D eigenvalue weighted by molar-refractivity contribution is 14.1. The second kappa shape index (κ2) is 7.19. The monoisotopic (exact) mass is 418 g/mol. The molecule has 104 valence electrons. The zero-order valence-corrected chi connectivity index (χ0v) is 14.1. The number of nitrogens with one attached hydrogen (secondary N) is 1. The molecule has 1 amide bonds. The van der Waals surface area contributed by atoms with Gasteiger partial charge in [0.05, 0.1) is 22.2 Å². The van der Waals surface area contributed by atoms with Crippen molar-refractivity contribution in [2.45, 2.75) is 4.90 Å². The van der Waals surface area contributed by atoms with Gasteiger partial charge >= 0.3 is 0 Å². The lowest BCUT2D eigenvalue weighted by Crippen LogP contribution is -2.14. The Morgan fingerprint density at radius 1 is 1.30 bits per heavy atom. The quantitative estimate of drug-likeness (QED) is 0.443. The van der Waals surface area contributed by atoms with Gasteiger partial charge in [0.2, 0.25) is 5.91 Å². The van der Waals surface area contributed by atoms with Crippen LogP contribution in [-0.2, 0) is 4.79 Å². The van der Waals surface area contributed by atoms with Gasteiger partial charge < -0.3 is 11.1 Å². The van der Waals surface area contributed by atoms with Crippen molar-refractivity contribution in [3.05, 3.63) is 51.1 Å². The van der Waals surface area contributed by atoms with E-state index >= 15 is 0 Å². The number of amides is 1. The minimum absolute atomic E-state index is 0.0490. The maximum absolute atomic E-state index is 11.9. The molecule has 6 heteroatoms. The van der Waals surface area contributed by atoms with E-state index in [1.165, 1.54) is 11.8 Å². The molecule has 0 aromatic heterocycles. The maximum Gasteiger partial charge on any atom is 0.234 e. The van der Waals surface area contributed by atoms with Gasteiger partial charge in [0.1, 0.15) is 0 Å². The summed E-state index contributed by atoms with van der Waals surface area (Å²) in [4.78, 5) is 12.8. The molecule has 0 aliphatic rings. The summed E-state index contributed by atoms with van der Waals surface area (Å²) in [6.45, 7) is 0. The summed E-state index contributed by atoms with van der Waals surface area (Å²) in [5.41, 5.74) is 7.01. The summed E-state index contributed by atoms with van der Waals surface area (Å²) >= 11 is 9.55. The van der Waals surface area contributed by atoms with Crippen molar-refractivity contribution in [2.75, 3.05) is 16.8 Å². The van der Waals surface area contributed by atoms with Gasteiger partial charge in [-0.15, -0.1) is 11.8 Å². The van der Waals surface area contributed by atoms with Gasteiger partial charge in [-0.2, -0.15) is 0 Å². The van der Waals surface area contributed by atoms with Crippen LogP contribution in [0.2, 0.25) is 5.02 Å². The van der Waals surface area contributed by atoms with Crippen molar-refractivity contribution >= 4 is 63.2 Å². The molecule has 0 saturated heterocycles. The molecule has 20 heavy (non-hydrogen) atoms. The van der Waals surface area contributed by atoms with Gasteiger partial charge in [-0.3, -0.25) is 4.79 Å². The van der Waals surface area contributed by atoms with Crippen LogP contribution in [0.3, 0.4) is 0 Å². The number of halogens is 2. The van der Waals surface area contributed by atoms with Gasteiger partial charge in [-0.25, -0.2) is 0 Å². The summed E-state index contributed by atoms with van der Waals surface area (Å²) in [6, 6.07) is 13.0. The minimum atomic E-state index is -0.0490. The molecule has 0 heterocycles. The van der Waals surface area contributed by atoms with Crippen LogP contribution in [0.5, 0.6) is 0 Å². The van der Waals surface area contributed by atoms with E-state index in [2.05, 4.69) is 27.9 Å². The Kier molecular flexibility index (Phi) is 5.56.